The average molecular weight is 378 g/mol. The molecule has 0 spiro atoms. The zero-order valence-corrected chi connectivity index (χ0v) is 15.8. The summed E-state index contributed by atoms with van der Waals surface area (Å²) in [5.41, 5.74) is 0.238. The molecule has 8 heteroatoms. The van der Waals surface area contributed by atoms with Crippen LogP contribution in [0.25, 0.3) is 0 Å². The summed E-state index contributed by atoms with van der Waals surface area (Å²) in [5, 5.41) is 11.7. The van der Waals surface area contributed by atoms with Crippen LogP contribution in [-0.4, -0.2) is 52.9 Å². The van der Waals surface area contributed by atoms with Gasteiger partial charge in [0.2, 0.25) is 0 Å². The van der Waals surface area contributed by atoms with Gasteiger partial charge in [-0.25, -0.2) is 14.4 Å². The molecule has 1 saturated heterocycles. The summed E-state index contributed by atoms with van der Waals surface area (Å²) in [4.78, 5) is 36.7. The highest BCUT2D eigenvalue weighted by Gasteiger charge is 2.36. The second-order valence-electron chi connectivity index (χ2n) is 7.58. The first-order chi connectivity index (χ1) is 12.6. The molecule has 0 saturated carbocycles. The highest BCUT2D eigenvalue weighted by Crippen LogP contribution is 2.23. The first kappa shape index (κ1) is 20.5. The Morgan fingerprint density at radius 3 is 2.41 bits per heavy atom. The quantitative estimate of drug-likeness (QED) is 0.788. The minimum atomic E-state index is -1.14. The van der Waals surface area contributed by atoms with Gasteiger partial charge < -0.3 is 24.8 Å². The molecular formula is C19H26N2O6. The molecule has 1 aromatic carbocycles. The molecule has 0 aliphatic carbocycles. The van der Waals surface area contributed by atoms with Crippen LogP contribution in [0.4, 0.5) is 9.59 Å². The summed E-state index contributed by atoms with van der Waals surface area (Å²) in [6, 6.07) is 8.04. The standard InChI is InChI=1S/C19H26N2O6/c1-19(2,3)27-18(25)21-10-14(11-21)9-15(16(22)23)20-17(24)26-12-13-7-5-4-6-8-13/h4-8,14-15H,9-12H2,1-3H3,(H,20,24)(H,22,23)/t15-/m0/s1. The van der Waals surface area contributed by atoms with Gasteiger partial charge in [-0.3, -0.25) is 0 Å². The van der Waals surface area contributed by atoms with E-state index in [2.05, 4.69) is 5.32 Å². The highest BCUT2D eigenvalue weighted by molar-refractivity contribution is 5.80. The third-order valence-electron chi connectivity index (χ3n) is 3.98. The number of carbonyl (C=O) groups excluding carboxylic acids is 2. The molecule has 2 N–H and O–H groups in total. The van der Waals surface area contributed by atoms with Crippen LogP contribution in [-0.2, 0) is 20.9 Å². The number of amides is 2. The zero-order valence-electron chi connectivity index (χ0n) is 15.8. The molecule has 2 amide bonds. The van der Waals surface area contributed by atoms with Crippen LogP contribution in [0.5, 0.6) is 0 Å². The summed E-state index contributed by atoms with van der Waals surface area (Å²) in [6.07, 6.45) is -0.981. The molecule has 2 rings (SSSR count). The maximum Gasteiger partial charge on any atom is 0.410 e. The van der Waals surface area contributed by atoms with Crippen molar-refractivity contribution in [3.63, 3.8) is 0 Å². The van der Waals surface area contributed by atoms with Gasteiger partial charge in [0, 0.05) is 13.1 Å². The lowest BCUT2D eigenvalue weighted by molar-refractivity contribution is -0.140. The molecule has 8 nitrogen and oxygen atoms in total. The number of hydrogen-bond acceptors (Lipinski definition) is 5. The van der Waals surface area contributed by atoms with E-state index in [0.717, 1.165) is 5.56 Å². The van der Waals surface area contributed by atoms with Crippen molar-refractivity contribution in [2.45, 2.75) is 45.4 Å². The van der Waals surface area contributed by atoms with Crippen molar-refractivity contribution in [2.75, 3.05) is 13.1 Å². The van der Waals surface area contributed by atoms with Crippen molar-refractivity contribution in [1.82, 2.24) is 10.2 Å². The topological polar surface area (TPSA) is 105 Å². The Labute approximate surface area is 158 Å². The molecule has 1 aromatic rings. The molecule has 1 aliphatic heterocycles. The predicted octanol–water partition coefficient (Wildman–Crippen LogP) is 2.62. The van der Waals surface area contributed by atoms with Crippen LogP contribution in [0, 0.1) is 5.92 Å². The van der Waals surface area contributed by atoms with Gasteiger partial charge in [0.25, 0.3) is 0 Å². The SMILES string of the molecule is CC(C)(C)OC(=O)N1CC(C[C@H](NC(=O)OCc2ccccc2)C(=O)O)C1. The van der Waals surface area contributed by atoms with Crippen molar-refractivity contribution in [3.05, 3.63) is 35.9 Å². The molecule has 148 valence electrons. The Kier molecular flexibility index (Phi) is 6.65. The Balaban J connectivity index is 1.75. The monoisotopic (exact) mass is 378 g/mol. The Morgan fingerprint density at radius 2 is 1.85 bits per heavy atom. The van der Waals surface area contributed by atoms with Gasteiger partial charge in [0.15, 0.2) is 0 Å². The van der Waals surface area contributed by atoms with Crippen molar-refractivity contribution in [3.8, 4) is 0 Å². The molecular weight excluding hydrogens is 352 g/mol. The van der Waals surface area contributed by atoms with E-state index in [1.165, 1.54) is 4.90 Å². The maximum absolute atomic E-state index is 11.9. The molecule has 0 aromatic heterocycles. The third kappa shape index (κ3) is 6.80. The summed E-state index contributed by atoms with van der Waals surface area (Å²) in [5.74, 6) is -1.16. The van der Waals surface area contributed by atoms with E-state index in [9.17, 15) is 19.5 Å². The molecule has 1 heterocycles. The summed E-state index contributed by atoms with van der Waals surface area (Å²) < 4.78 is 10.3. The molecule has 27 heavy (non-hydrogen) atoms. The normalized spacial score (nSPS) is 15.4. The average Bonchev–Trinajstić information content (AvgIpc) is 2.53. The first-order valence-electron chi connectivity index (χ1n) is 8.82. The number of carbonyl (C=O) groups is 3. The van der Waals surface area contributed by atoms with E-state index in [4.69, 9.17) is 9.47 Å². The number of carboxylic acids is 1. The number of carboxylic acid groups (broad SMARTS) is 1. The Morgan fingerprint density at radius 1 is 1.22 bits per heavy atom. The van der Waals surface area contributed by atoms with Crippen LogP contribution >= 0.6 is 0 Å². The van der Waals surface area contributed by atoms with Gasteiger partial charge in [-0.05, 0) is 38.7 Å². The second-order valence-corrected chi connectivity index (χ2v) is 7.58. The van der Waals surface area contributed by atoms with Gasteiger partial charge in [-0.1, -0.05) is 30.3 Å². The molecule has 1 aliphatic rings. The number of alkyl carbamates (subject to hydrolysis) is 1. The smallest absolute Gasteiger partial charge is 0.410 e. The van der Waals surface area contributed by atoms with Crippen LogP contribution in [0.2, 0.25) is 0 Å². The maximum atomic E-state index is 11.9. The van der Waals surface area contributed by atoms with E-state index in [1.807, 2.05) is 30.3 Å². The van der Waals surface area contributed by atoms with Crippen LogP contribution in [0.15, 0.2) is 30.3 Å². The number of ether oxygens (including phenoxy) is 2. The van der Waals surface area contributed by atoms with Crippen molar-refractivity contribution >= 4 is 18.2 Å². The van der Waals surface area contributed by atoms with Gasteiger partial charge in [-0.15, -0.1) is 0 Å². The molecule has 0 radical (unpaired) electrons. The third-order valence-corrected chi connectivity index (χ3v) is 3.98. The van der Waals surface area contributed by atoms with Crippen molar-refractivity contribution in [2.24, 2.45) is 5.92 Å². The summed E-state index contributed by atoms with van der Waals surface area (Å²) >= 11 is 0. The lowest BCUT2D eigenvalue weighted by atomic mass is 9.92. The highest BCUT2D eigenvalue weighted by atomic mass is 16.6. The molecule has 0 unspecified atom stereocenters. The van der Waals surface area contributed by atoms with Crippen molar-refractivity contribution in [1.29, 1.82) is 0 Å². The predicted molar refractivity (Wildman–Crippen MR) is 97.1 cm³/mol. The van der Waals surface area contributed by atoms with Gasteiger partial charge in [-0.2, -0.15) is 0 Å². The molecule has 1 fully saturated rings. The summed E-state index contributed by atoms with van der Waals surface area (Å²) in [7, 11) is 0. The molecule has 0 bridgehead atoms. The van der Waals surface area contributed by atoms with E-state index >= 15 is 0 Å². The fraction of sp³-hybridized carbons (Fsp3) is 0.526. The van der Waals surface area contributed by atoms with E-state index in [-0.39, 0.29) is 18.9 Å². The minimum absolute atomic E-state index is 0.0203. The van der Waals surface area contributed by atoms with E-state index < -0.39 is 29.8 Å². The fourth-order valence-corrected chi connectivity index (χ4v) is 2.66. The lowest BCUT2D eigenvalue weighted by Gasteiger charge is -2.40. The van der Waals surface area contributed by atoms with Crippen LogP contribution < -0.4 is 5.32 Å². The number of nitrogens with zero attached hydrogens (tertiary/aromatic N) is 1. The molecule has 1 atom stereocenters. The van der Waals surface area contributed by atoms with Gasteiger partial charge in [0.1, 0.15) is 18.2 Å². The Bertz CT molecular complexity index is 665. The van der Waals surface area contributed by atoms with Crippen LogP contribution in [0.1, 0.15) is 32.8 Å². The minimum Gasteiger partial charge on any atom is -0.480 e. The number of benzene rings is 1. The van der Waals surface area contributed by atoms with E-state index in [1.54, 1.807) is 20.8 Å². The fourth-order valence-electron chi connectivity index (χ4n) is 2.66. The lowest BCUT2D eigenvalue weighted by Crippen LogP contribution is -2.54. The van der Waals surface area contributed by atoms with Gasteiger partial charge >= 0.3 is 18.2 Å². The van der Waals surface area contributed by atoms with E-state index in [0.29, 0.717) is 13.1 Å². The number of likely N-dealkylation sites (tertiary alicyclic amines) is 1. The van der Waals surface area contributed by atoms with Crippen molar-refractivity contribution < 1.29 is 29.0 Å². The summed E-state index contributed by atoms with van der Waals surface area (Å²) in [6.45, 7) is 6.22. The van der Waals surface area contributed by atoms with Crippen LogP contribution in [0.3, 0.4) is 0 Å². The number of rotatable bonds is 6. The first-order valence-corrected chi connectivity index (χ1v) is 8.82. The second kappa shape index (κ2) is 8.75. The zero-order chi connectivity index (χ0) is 20.0. The Hall–Kier alpha value is -2.77. The number of aliphatic carboxylic acids is 1. The van der Waals surface area contributed by atoms with Gasteiger partial charge in [0.05, 0.1) is 0 Å². The number of hydrogen-bond donors (Lipinski definition) is 2. The largest absolute Gasteiger partial charge is 0.480 e. The number of nitrogens with one attached hydrogen (secondary N) is 1.